The van der Waals surface area contributed by atoms with Crippen molar-refractivity contribution in [3.05, 3.63) is 60.9 Å². The van der Waals surface area contributed by atoms with Crippen LogP contribution in [-0.2, 0) is 0 Å². The SMILES string of the molecule is c1ccc2c3c(cnc2c1)Sc1cnc2ccccc2c1SCS3. The lowest BCUT2D eigenvalue weighted by Crippen LogP contribution is -1.93. The van der Waals surface area contributed by atoms with Gasteiger partial charge in [0.05, 0.1) is 11.0 Å². The molecule has 5 rings (SSSR count). The molecule has 0 bridgehead atoms. The van der Waals surface area contributed by atoms with Gasteiger partial charge in [0.1, 0.15) is 0 Å². The van der Waals surface area contributed by atoms with Crippen LogP contribution < -0.4 is 0 Å². The fourth-order valence-corrected chi connectivity index (χ4v) is 6.59. The molecule has 5 heteroatoms. The predicted molar refractivity (Wildman–Crippen MR) is 104 cm³/mol. The van der Waals surface area contributed by atoms with Gasteiger partial charge < -0.3 is 0 Å². The van der Waals surface area contributed by atoms with Crippen LogP contribution in [0.2, 0.25) is 0 Å². The van der Waals surface area contributed by atoms with Gasteiger partial charge in [-0.15, -0.1) is 23.5 Å². The van der Waals surface area contributed by atoms with E-state index in [0.29, 0.717) is 0 Å². The van der Waals surface area contributed by atoms with E-state index in [-0.39, 0.29) is 0 Å². The predicted octanol–water partition coefficient (Wildman–Crippen LogP) is 6.09. The van der Waals surface area contributed by atoms with E-state index in [1.165, 1.54) is 30.4 Å². The Morgan fingerprint density at radius 3 is 1.71 bits per heavy atom. The van der Waals surface area contributed by atoms with E-state index in [1.54, 1.807) is 11.8 Å². The smallest absolute Gasteiger partial charge is 0.0714 e. The number of nitrogens with zero attached hydrogens (tertiary/aromatic N) is 2. The monoisotopic (exact) mass is 364 g/mol. The molecule has 0 saturated heterocycles. The molecule has 0 spiro atoms. The highest BCUT2D eigenvalue weighted by atomic mass is 32.2. The van der Waals surface area contributed by atoms with Crippen molar-refractivity contribution in [1.29, 1.82) is 0 Å². The van der Waals surface area contributed by atoms with Crippen molar-refractivity contribution < 1.29 is 0 Å². The second-order valence-electron chi connectivity index (χ2n) is 5.45. The Morgan fingerprint density at radius 1 is 0.667 bits per heavy atom. The number of hydrogen-bond acceptors (Lipinski definition) is 5. The van der Waals surface area contributed by atoms with E-state index >= 15 is 0 Å². The fraction of sp³-hybridized carbons (Fsp3) is 0.0526. The van der Waals surface area contributed by atoms with E-state index in [4.69, 9.17) is 0 Å². The number of benzene rings is 2. The molecule has 0 fully saturated rings. The largest absolute Gasteiger partial charge is 0.255 e. The van der Waals surface area contributed by atoms with Crippen LogP contribution in [0.15, 0.2) is 80.5 Å². The number of rotatable bonds is 0. The number of para-hydroxylation sites is 2. The molecule has 1 aliphatic rings. The minimum Gasteiger partial charge on any atom is -0.255 e. The maximum absolute atomic E-state index is 4.64. The van der Waals surface area contributed by atoms with Crippen molar-refractivity contribution >= 4 is 57.1 Å². The molecular formula is C19H12N2S3. The number of fused-ring (bicyclic) bond motifs is 6. The molecule has 3 heterocycles. The van der Waals surface area contributed by atoms with Gasteiger partial charge in [0.25, 0.3) is 0 Å². The Labute approximate surface area is 152 Å². The fourth-order valence-electron chi connectivity index (χ4n) is 2.90. The van der Waals surface area contributed by atoms with Crippen LogP contribution >= 0.6 is 35.3 Å². The van der Waals surface area contributed by atoms with Crippen molar-refractivity contribution in [1.82, 2.24) is 9.97 Å². The normalized spacial score (nSPS) is 14.0. The van der Waals surface area contributed by atoms with Crippen LogP contribution in [0.1, 0.15) is 0 Å². The molecule has 4 aromatic rings. The molecule has 0 unspecified atom stereocenters. The van der Waals surface area contributed by atoms with Gasteiger partial charge in [-0.25, -0.2) is 0 Å². The van der Waals surface area contributed by atoms with Gasteiger partial charge in [-0.05, 0) is 12.1 Å². The number of hydrogen-bond donors (Lipinski definition) is 0. The molecular weight excluding hydrogens is 352 g/mol. The first kappa shape index (κ1) is 14.6. The Hall–Kier alpha value is -1.69. The summed E-state index contributed by atoms with van der Waals surface area (Å²) in [5.74, 6) is 0. The molecule has 116 valence electrons. The molecule has 0 amide bonds. The summed E-state index contributed by atoms with van der Waals surface area (Å²) in [6.07, 6.45) is 4.01. The lowest BCUT2D eigenvalue weighted by atomic mass is 10.2. The first-order valence-corrected chi connectivity index (χ1v) is 10.4. The van der Waals surface area contributed by atoms with Crippen LogP contribution in [0.5, 0.6) is 0 Å². The highest BCUT2D eigenvalue weighted by molar-refractivity contribution is 8.17. The Balaban J connectivity index is 1.72. The first-order chi connectivity index (χ1) is 11.9. The second-order valence-corrected chi connectivity index (χ2v) is 8.87. The minimum atomic E-state index is 0.989. The summed E-state index contributed by atoms with van der Waals surface area (Å²) in [5.41, 5.74) is 2.12. The summed E-state index contributed by atoms with van der Waals surface area (Å²) in [6.45, 7) is 0. The molecule has 1 aliphatic heterocycles. The van der Waals surface area contributed by atoms with Crippen LogP contribution in [0, 0.1) is 0 Å². The molecule has 0 aliphatic carbocycles. The number of aromatic nitrogens is 2. The molecule has 2 nitrogen and oxygen atoms in total. The number of pyridine rings is 2. The molecule has 0 radical (unpaired) electrons. The molecule has 0 saturated carbocycles. The highest BCUT2D eigenvalue weighted by Crippen LogP contribution is 2.48. The molecule has 0 atom stereocenters. The van der Waals surface area contributed by atoms with Crippen molar-refractivity contribution in [2.45, 2.75) is 19.6 Å². The quantitative estimate of drug-likeness (QED) is 0.376. The molecule has 2 aromatic carbocycles. The van der Waals surface area contributed by atoms with E-state index < -0.39 is 0 Å². The maximum atomic E-state index is 4.64. The van der Waals surface area contributed by atoms with Crippen molar-refractivity contribution in [3.63, 3.8) is 0 Å². The summed E-state index contributed by atoms with van der Waals surface area (Å²) in [7, 11) is 0. The van der Waals surface area contributed by atoms with E-state index in [9.17, 15) is 0 Å². The molecule has 24 heavy (non-hydrogen) atoms. The van der Waals surface area contributed by atoms with Gasteiger partial charge in [-0.2, -0.15) is 0 Å². The first-order valence-electron chi connectivity index (χ1n) is 7.59. The Kier molecular flexibility index (Phi) is 3.65. The summed E-state index contributed by atoms with van der Waals surface area (Å²) < 4.78 is 0. The third-order valence-corrected chi connectivity index (χ3v) is 7.73. The zero-order valence-electron chi connectivity index (χ0n) is 12.6. The molecule has 0 N–H and O–H groups in total. The van der Waals surface area contributed by atoms with E-state index in [1.807, 2.05) is 48.1 Å². The van der Waals surface area contributed by atoms with Crippen LogP contribution in [0.4, 0.5) is 0 Å². The topological polar surface area (TPSA) is 25.8 Å². The Morgan fingerprint density at radius 2 is 1.17 bits per heavy atom. The van der Waals surface area contributed by atoms with Crippen molar-refractivity contribution in [2.24, 2.45) is 0 Å². The summed E-state index contributed by atoms with van der Waals surface area (Å²) >= 11 is 5.59. The zero-order chi connectivity index (χ0) is 15.9. The summed E-state index contributed by atoms with van der Waals surface area (Å²) in [6, 6.07) is 16.8. The van der Waals surface area contributed by atoms with Gasteiger partial charge in [0.15, 0.2) is 0 Å². The Bertz CT molecular complexity index is 993. The highest BCUT2D eigenvalue weighted by Gasteiger charge is 2.18. The van der Waals surface area contributed by atoms with Gasteiger partial charge in [-0.3, -0.25) is 9.97 Å². The van der Waals surface area contributed by atoms with Crippen molar-refractivity contribution in [2.75, 3.05) is 5.08 Å². The lowest BCUT2D eigenvalue weighted by molar-refractivity contribution is 1.16. The third kappa shape index (κ3) is 2.39. The summed E-state index contributed by atoms with van der Waals surface area (Å²) in [4.78, 5) is 14.4. The van der Waals surface area contributed by atoms with E-state index in [2.05, 4.69) is 46.4 Å². The van der Waals surface area contributed by atoms with Crippen LogP contribution in [0.25, 0.3) is 21.8 Å². The lowest BCUT2D eigenvalue weighted by Gasteiger charge is -2.18. The zero-order valence-corrected chi connectivity index (χ0v) is 15.0. The van der Waals surface area contributed by atoms with Gasteiger partial charge in [-0.1, -0.05) is 48.2 Å². The number of thioether (sulfide) groups is 2. The van der Waals surface area contributed by atoms with Crippen LogP contribution in [0.3, 0.4) is 0 Å². The third-order valence-electron chi connectivity index (χ3n) is 4.01. The minimum absolute atomic E-state index is 0.989. The van der Waals surface area contributed by atoms with Gasteiger partial charge >= 0.3 is 0 Å². The average molecular weight is 365 g/mol. The second kappa shape index (κ2) is 5.99. The molecule has 2 aromatic heterocycles. The van der Waals surface area contributed by atoms with E-state index in [0.717, 1.165) is 16.1 Å². The van der Waals surface area contributed by atoms with Gasteiger partial charge in [0.2, 0.25) is 0 Å². The summed E-state index contributed by atoms with van der Waals surface area (Å²) in [5, 5.41) is 3.47. The van der Waals surface area contributed by atoms with Crippen LogP contribution in [-0.4, -0.2) is 15.1 Å². The maximum Gasteiger partial charge on any atom is 0.0714 e. The average Bonchev–Trinajstić information content (AvgIpc) is 2.61. The van der Waals surface area contributed by atoms with Gasteiger partial charge in [0, 0.05) is 47.8 Å². The standard InChI is InChI=1S/C19H12N2S3/c1-3-7-14-12(5-1)18-16(9-20-14)24-17-10-21-15-8-4-2-6-13(15)19(17)23-11-22-18/h1-10H,11H2. The van der Waals surface area contributed by atoms with Crippen molar-refractivity contribution in [3.8, 4) is 0 Å².